The first kappa shape index (κ1) is 43.1. The van der Waals surface area contributed by atoms with Crippen molar-refractivity contribution in [2.75, 3.05) is 9.80 Å². The Balaban J connectivity index is 1.02. The third-order valence-electron chi connectivity index (χ3n) is 19.2. The van der Waals surface area contributed by atoms with E-state index >= 15 is 0 Å². The van der Waals surface area contributed by atoms with Gasteiger partial charge in [0, 0.05) is 55.1 Å². The van der Waals surface area contributed by atoms with Crippen LogP contribution in [0, 0.1) is 75.0 Å². The summed E-state index contributed by atoms with van der Waals surface area (Å²) in [7, 11) is 0. The fourth-order valence-corrected chi connectivity index (χ4v) is 16.4. The molecule has 0 radical (unpaired) electrons. The van der Waals surface area contributed by atoms with Crippen LogP contribution < -0.4 is 19.3 Å². The van der Waals surface area contributed by atoms with Gasteiger partial charge in [-0.05, 0) is 235 Å². The minimum atomic E-state index is 0.246. The topological polar surface area (TPSA) is 24.9 Å². The van der Waals surface area contributed by atoms with Crippen molar-refractivity contribution in [3.63, 3.8) is 0 Å². The zero-order chi connectivity index (χ0) is 47.9. The molecule has 0 aliphatic heterocycles. The van der Waals surface area contributed by atoms with Crippen LogP contribution in [-0.2, 0) is 0 Å². The van der Waals surface area contributed by atoms with E-state index in [-0.39, 0.29) is 12.2 Å². The zero-order valence-corrected chi connectivity index (χ0v) is 42.4. The third kappa shape index (κ3) is 6.90. The van der Waals surface area contributed by atoms with Crippen molar-refractivity contribution in [2.45, 2.75) is 104 Å². The predicted molar refractivity (Wildman–Crippen MR) is 299 cm³/mol. The predicted octanol–water partition coefficient (Wildman–Crippen LogP) is 18.3. The van der Waals surface area contributed by atoms with E-state index < -0.39 is 0 Å². The Kier molecular flexibility index (Phi) is 9.88. The van der Waals surface area contributed by atoms with Gasteiger partial charge >= 0.3 is 0 Å². The summed E-state index contributed by atoms with van der Waals surface area (Å²) in [5.74, 6) is 8.11. The van der Waals surface area contributed by atoms with E-state index in [0.29, 0.717) is 23.7 Å². The second-order valence-corrected chi connectivity index (χ2v) is 24.0. The summed E-state index contributed by atoms with van der Waals surface area (Å²) in [5.41, 5.74) is 12.0. The van der Waals surface area contributed by atoms with Crippen molar-refractivity contribution < 1.29 is 9.47 Å². The van der Waals surface area contributed by atoms with Crippen LogP contribution >= 0.6 is 0 Å². The molecular formula is C68H66N2O2. The Labute approximate surface area is 425 Å². The van der Waals surface area contributed by atoms with E-state index in [9.17, 15) is 0 Å². The van der Waals surface area contributed by atoms with Crippen LogP contribution in [0.5, 0.6) is 11.5 Å². The number of nitrogens with zero attached hydrogens (tertiary/aromatic N) is 2. The molecule has 4 nitrogen and oxygen atoms in total. The highest BCUT2D eigenvalue weighted by Crippen LogP contribution is 2.59. The van der Waals surface area contributed by atoms with Gasteiger partial charge in [-0.1, -0.05) is 82.9 Å². The molecule has 9 aromatic carbocycles. The van der Waals surface area contributed by atoms with Crippen LogP contribution in [0.1, 0.15) is 86.5 Å². The maximum atomic E-state index is 7.75. The Morgan fingerprint density at radius 3 is 0.861 bits per heavy atom. The normalized spacial score (nSPS) is 26.9. The van der Waals surface area contributed by atoms with Crippen LogP contribution in [0.25, 0.3) is 43.1 Å². The van der Waals surface area contributed by atoms with Gasteiger partial charge in [-0.15, -0.1) is 0 Å². The first-order valence-electron chi connectivity index (χ1n) is 27.6. The van der Waals surface area contributed by atoms with Gasteiger partial charge in [0.1, 0.15) is 23.7 Å². The van der Waals surface area contributed by atoms with Gasteiger partial charge < -0.3 is 19.3 Å². The average Bonchev–Trinajstić information content (AvgIpc) is 3.38. The molecular weight excluding hydrogens is 877 g/mol. The van der Waals surface area contributed by atoms with Crippen LogP contribution in [0.15, 0.2) is 146 Å². The van der Waals surface area contributed by atoms with Gasteiger partial charge in [0.2, 0.25) is 0 Å². The molecule has 360 valence electrons. The highest BCUT2D eigenvalue weighted by molar-refractivity contribution is 6.37. The molecule has 0 heterocycles. The Hall–Kier alpha value is -6.52. The largest absolute Gasteiger partial charge is 0.489 e. The first-order chi connectivity index (χ1) is 35.2. The third-order valence-corrected chi connectivity index (χ3v) is 19.2. The second-order valence-electron chi connectivity index (χ2n) is 24.0. The van der Waals surface area contributed by atoms with Gasteiger partial charge in [0.25, 0.3) is 0 Å². The standard InChI is InChI=1S/C68H66N2O2/c1-39-5-13-51(14-6-39)69(52-15-7-40(2)8-16-52)59-25-21-57-63-55(59)23-27-61(71-67-47-31-43-29-44(33-47)34-48(67)32-43)65(63)58-22-26-60(70(53-17-9-41(3)10-18-53)54-19-11-42(4)12-20-54)56-24-28-62(66(57)64(56)58)72-68-49-35-45-30-46(37-49)38-50(68)36-45/h5-28,43-50,67-68H,29-38H2,1-4H3. The van der Waals surface area contributed by atoms with Gasteiger partial charge in [-0.3, -0.25) is 0 Å². The number of hydrogen-bond donors (Lipinski definition) is 0. The van der Waals surface area contributed by atoms with E-state index in [1.165, 1.54) is 141 Å². The molecule has 0 atom stereocenters. The molecule has 4 heteroatoms. The molecule has 8 fully saturated rings. The molecule has 8 bridgehead atoms. The van der Waals surface area contributed by atoms with Crippen molar-refractivity contribution in [2.24, 2.45) is 47.3 Å². The molecule has 72 heavy (non-hydrogen) atoms. The Morgan fingerprint density at radius 1 is 0.292 bits per heavy atom. The summed E-state index contributed by atoms with van der Waals surface area (Å²) in [6, 6.07) is 55.5. The fraction of sp³-hybridized carbons (Fsp3) is 0.353. The van der Waals surface area contributed by atoms with Crippen molar-refractivity contribution in [3.05, 3.63) is 168 Å². The van der Waals surface area contributed by atoms with Crippen LogP contribution in [0.3, 0.4) is 0 Å². The number of hydrogen-bond acceptors (Lipinski definition) is 4. The molecule has 0 saturated heterocycles. The van der Waals surface area contributed by atoms with Gasteiger partial charge in [-0.2, -0.15) is 0 Å². The van der Waals surface area contributed by atoms with E-state index in [0.717, 1.165) is 57.9 Å². The summed E-state index contributed by atoms with van der Waals surface area (Å²) >= 11 is 0. The number of ether oxygens (including phenoxy) is 2. The Bertz CT molecular complexity index is 3160. The zero-order valence-electron chi connectivity index (χ0n) is 42.4. The van der Waals surface area contributed by atoms with Crippen molar-refractivity contribution in [1.82, 2.24) is 0 Å². The second kappa shape index (κ2) is 16.5. The minimum Gasteiger partial charge on any atom is -0.489 e. The summed E-state index contributed by atoms with van der Waals surface area (Å²) in [6.45, 7) is 8.72. The lowest BCUT2D eigenvalue weighted by Crippen LogP contribution is -2.50. The van der Waals surface area contributed by atoms with Crippen molar-refractivity contribution >= 4 is 77.2 Å². The van der Waals surface area contributed by atoms with E-state index in [1.807, 2.05) is 0 Å². The number of benzene rings is 9. The molecule has 8 aliphatic carbocycles. The summed E-state index contributed by atoms with van der Waals surface area (Å²) < 4.78 is 15.5. The summed E-state index contributed by atoms with van der Waals surface area (Å²) in [5, 5.41) is 9.97. The molecule has 8 aliphatic rings. The van der Waals surface area contributed by atoms with Crippen LogP contribution in [0.2, 0.25) is 0 Å². The fourth-order valence-electron chi connectivity index (χ4n) is 16.4. The molecule has 9 aromatic rings. The van der Waals surface area contributed by atoms with Crippen molar-refractivity contribution in [3.8, 4) is 11.5 Å². The minimum absolute atomic E-state index is 0.246. The lowest BCUT2D eigenvalue weighted by atomic mass is 9.55. The molecule has 0 spiro atoms. The van der Waals surface area contributed by atoms with Gasteiger partial charge in [0.15, 0.2) is 0 Å². The Morgan fingerprint density at radius 2 is 0.569 bits per heavy atom. The molecule has 8 saturated carbocycles. The lowest BCUT2D eigenvalue weighted by Gasteiger charge is -2.54. The highest BCUT2D eigenvalue weighted by atomic mass is 16.5. The van der Waals surface area contributed by atoms with Crippen LogP contribution in [0.4, 0.5) is 34.1 Å². The smallest absolute Gasteiger partial charge is 0.128 e. The number of anilines is 6. The van der Waals surface area contributed by atoms with Gasteiger partial charge in [-0.25, -0.2) is 0 Å². The quantitative estimate of drug-likeness (QED) is 0.101. The molecule has 17 rings (SSSR count). The highest BCUT2D eigenvalue weighted by Gasteiger charge is 2.51. The SMILES string of the molecule is Cc1ccc(N(c2ccc(C)cc2)c2ccc3c4c(OC5C6CC7CC(C6)CC5C7)ccc5c(N(c6ccc(C)cc6)c6ccc(C)cc6)ccc(c6c(OC7C8CC9CC(C8)CC7C9)ccc2c36)c54)cc1. The van der Waals surface area contributed by atoms with E-state index in [4.69, 9.17) is 9.47 Å². The number of rotatable bonds is 10. The summed E-state index contributed by atoms with van der Waals surface area (Å²) in [6.07, 6.45) is 13.9. The molecule has 0 aromatic heterocycles. The first-order valence-corrected chi connectivity index (χ1v) is 27.6. The van der Waals surface area contributed by atoms with Gasteiger partial charge in [0.05, 0.1) is 11.4 Å². The maximum Gasteiger partial charge on any atom is 0.128 e. The average molecular weight is 943 g/mol. The number of fused-ring (bicyclic) bond motifs is 2. The molecule has 0 N–H and O–H groups in total. The number of aryl methyl sites for hydroxylation is 4. The van der Waals surface area contributed by atoms with Crippen molar-refractivity contribution in [1.29, 1.82) is 0 Å². The van der Waals surface area contributed by atoms with E-state index in [1.54, 1.807) is 0 Å². The summed E-state index contributed by atoms with van der Waals surface area (Å²) in [4.78, 5) is 4.96. The van der Waals surface area contributed by atoms with Crippen LogP contribution in [-0.4, -0.2) is 12.2 Å². The molecule has 0 amide bonds. The molecule has 0 unspecified atom stereocenters. The lowest BCUT2D eigenvalue weighted by molar-refractivity contribution is -0.0784. The monoisotopic (exact) mass is 943 g/mol. The van der Waals surface area contributed by atoms with E-state index in [2.05, 4.69) is 183 Å². The maximum absolute atomic E-state index is 7.75.